The van der Waals surface area contributed by atoms with Gasteiger partial charge in [-0.2, -0.15) is 5.10 Å². The molecule has 12 heteroatoms. The van der Waals surface area contributed by atoms with Crippen LogP contribution in [0.5, 0.6) is 23.0 Å². The Kier molecular flexibility index (Phi) is 10.5. The molecule has 0 unspecified atom stereocenters. The first-order chi connectivity index (χ1) is 20.7. The Hall–Kier alpha value is -4.68. The molecule has 0 atom stereocenters. The zero-order valence-electron chi connectivity index (χ0n) is 23.1. The van der Waals surface area contributed by atoms with E-state index in [0.29, 0.717) is 44.1 Å². The van der Waals surface area contributed by atoms with Gasteiger partial charge in [-0.25, -0.2) is 10.2 Å². The van der Waals surface area contributed by atoms with Crippen LogP contribution >= 0.6 is 31.9 Å². The molecule has 0 aliphatic heterocycles. The predicted molar refractivity (Wildman–Crippen MR) is 169 cm³/mol. The Morgan fingerprint density at radius 1 is 0.674 bits per heavy atom. The van der Waals surface area contributed by atoms with Crippen molar-refractivity contribution in [1.29, 1.82) is 0 Å². The number of carbonyl (C=O) groups is 3. The Morgan fingerprint density at radius 2 is 1.26 bits per heavy atom. The molecule has 0 heterocycles. The van der Waals surface area contributed by atoms with Crippen molar-refractivity contribution in [2.75, 3.05) is 26.6 Å². The van der Waals surface area contributed by atoms with Crippen LogP contribution in [0.3, 0.4) is 0 Å². The smallest absolute Gasteiger partial charge is 0.343 e. The number of nitrogens with zero attached hydrogens (tertiary/aromatic N) is 1. The van der Waals surface area contributed by atoms with Gasteiger partial charge in [-0.3, -0.25) is 9.59 Å². The second-order valence-corrected chi connectivity index (χ2v) is 10.6. The van der Waals surface area contributed by atoms with Gasteiger partial charge >= 0.3 is 5.97 Å². The van der Waals surface area contributed by atoms with Crippen molar-refractivity contribution in [3.63, 3.8) is 0 Å². The van der Waals surface area contributed by atoms with Gasteiger partial charge in [0.05, 0.1) is 33.1 Å². The van der Waals surface area contributed by atoms with E-state index in [1.165, 1.54) is 39.7 Å². The van der Waals surface area contributed by atoms with Crippen LogP contribution in [0.1, 0.15) is 36.6 Å². The summed E-state index contributed by atoms with van der Waals surface area (Å²) in [5.74, 6) is -0.284. The van der Waals surface area contributed by atoms with Gasteiger partial charge in [0.1, 0.15) is 5.75 Å². The fourth-order valence-corrected chi connectivity index (χ4v) is 4.45. The number of rotatable bonds is 10. The highest BCUT2D eigenvalue weighted by molar-refractivity contribution is 9.10. The number of hydrogen-bond donors (Lipinski definition) is 2. The van der Waals surface area contributed by atoms with Crippen molar-refractivity contribution in [1.82, 2.24) is 5.43 Å². The first-order valence-electron chi connectivity index (χ1n) is 12.5. The fourth-order valence-electron chi connectivity index (χ4n) is 3.81. The molecule has 43 heavy (non-hydrogen) atoms. The predicted octanol–water partition coefficient (Wildman–Crippen LogP) is 6.47. The lowest BCUT2D eigenvalue weighted by molar-refractivity contribution is 0.0733. The Labute approximate surface area is 264 Å². The number of anilines is 1. The highest BCUT2D eigenvalue weighted by Gasteiger charge is 2.19. The van der Waals surface area contributed by atoms with Crippen LogP contribution in [0.4, 0.5) is 5.69 Å². The maximum Gasteiger partial charge on any atom is 0.343 e. The summed E-state index contributed by atoms with van der Waals surface area (Å²) in [6.07, 6.45) is 1.35. The number of benzene rings is 4. The molecule has 0 saturated carbocycles. The van der Waals surface area contributed by atoms with Crippen LogP contribution < -0.4 is 29.7 Å². The molecule has 2 N–H and O–H groups in total. The van der Waals surface area contributed by atoms with Gasteiger partial charge in [-0.15, -0.1) is 0 Å². The second-order valence-electron chi connectivity index (χ2n) is 8.72. The summed E-state index contributed by atoms with van der Waals surface area (Å²) in [7, 11) is 4.36. The summed E-state index contributed by atoms with van der Waals surface area (Å²) < 4.78 is 23.1. The molecule has 0 radical (unpaired) electrons. The minimum atomic E-state index is -0.674. The van der Waals surface area contributed by atoms with Crippen molar-refractivity contribution >= 4 is 61.5 Å². The van der Waals surface area contributed by atoms with E-state index in [0.717, 1.165) is 4.47 Å². The molecule has 0 spiro atoms. The minimum Gasteiger partial charge on any atom is -0.493 e. The number of hydrogen-bond acceptors (Lipinski definition) is 8. The molecule has 10 nitrogen and oxygen atoms in total. The molecule has 4 rings (SSSR count). The summed E-state index contributed by atoms with van der Waals surface area (Å²) in [5.41, 5.74) is 4.39. The summed E-state index contributed by atoms with van der Waals surface area (Å²) in [5, 5.41) is 6.81. The third-order valence-electron chi connectivity index (χ3n) is 5.96. The first-order valence-corrected chi connectivity index (χ1v) is 14.1. The van der Waals surface area contributed by atoms with Crippen molar-refractivity contribution in [3.05, 3.63) is 110 Å². The van der Waals surface area contributed by atoms with Crippen LogP contribution in [-0.2, 0) is 0 Å². The molecular weight excluding hydrogens is 686 g/mol. The van der Waals surface area contributed by atoms with Crippen molar-refractivity contribution in [3.8, 4) is 23.0 Å². The number of ether oxygens (including phenoxy) is 4. The van der Waals surface area contributed by atoms with E-state index in [1.54, 1.807) is 66.7 Å². The lowest BCUT2D eigenvalue weighted by atomic mass is 10.1. The van der Waals surface area contributed by atoms with Crippen LogP contribution in [0.25, 0.3) is 0 Å². The Bertz CT molecular complexity index is 1650. The number of halogens is 2. The normalized spacial score (nSPS) is 10.6. The third-order valence-corrected chi connectivity index (χ3v) is 6.98. The topological polar surface area (TPSA) is 125 Å². The van der Waals surface area contributed by atoms with Crippen LogP contribution in [-0.4, -0.2) is 45.3 Å². The molecule has 4 aromatic carbocycles. The molecule has 0 saturated heterocycles. The Morgan fingerprint density at radius 3 is 1.86 bits per heavy atom. The van der Waals surface area contributed by atoms with E-state index in [1.807, 2.05) is 0 Å². The van der Waals surface area contributed by atoms with Gasteiger partial charge in [0.2, 0.25) is 5.75 Å². The lowest BCUT2D eigenvalue weighted by Gasteiger charge is -2.14. The molecule has 0 fully saturated rings. The number of hydrazone groups is 1. The summed E-state index contributed by atoms with van der Waals surface area (Å²) in [6.45, 7) is 0. The number of carbonyl (C=O) groups excluding carboxylic acids is 3. The highest BCUT2D eigenvalue weighted by atomic mass is 79.9. The largest absolute Gasteiger partial charge is 0.493 e. The van der Waals surface area contributed by atoms with Gasteiger partial charge in [-0.1, -0.05) is 31.9 Å². The summed E-state index contributed by atoms with van der Waals surface area (Å²) >= 11 is 6.73. The zero-order valence-corrected chi connectivity index (χ0v) is 26.3. The molecule has 0 aliphatic rings. The number of esters is 1. The number of amides is 2. The van der Waals surface area contributed by atoms with Gasteiger partial charge < -0.3 is 24.3 Å². The second kappa shape index (κ2) is 14.5. The van der Waals surface area contributed by atoms with Gasteiger partial charge in [0.15, 0.2) is 11.5 Å². The van der Waals surface area contributed by atoms with E-state index < -0.39 is 11.9 Å². The van der Waals surface area contributed by atoms with Crippen molar-refractivity contribution in [2.45, 2.75) is 0 Å². The van der Waals surface area contributed by atoms with E-state index in [2.05, 4.69) is 47.7 Å². The molecule has 0 aliphatic carbocycles. The summed E-state index contributed by atoms with van der Waals surface area (Å²) in [4.78, 5) is 38.1. The van der Waals surface area contributed by atoms with Crippen LogP contribution in [0.2, 0.25) is 0 Å². The molecule has 2 amide bonds. The maximum atomic E-state index is 13.0. The van der Waals surface area contributed by atoms with E-state index in [-0.39, 0.29) is 17.2 Å². The lowest BCUT2D eigenvalue weighted by Crippen LogP contribution is -2.18. The van der Waals surface area contributed by atoms with E-state index in [9.17, 15) is 14.4 Å². The maximum absolute atomic E-state index is 13.0. The number of nitrogens with one attached hydrogen (secondary N) is 2. The van der Waals surface area contributed by atoms with Crippen LogP contribution in [0.15, 0.2) is 92.9 Å². The van der Waals surface area contributed by atoms with Gasteiger partial charge in [0, 0.05) is 31.3 Å². The summed E-state index contributed by atoms with van der Waals surface area (Å²) in [6, 6.07) is 21.2. The number of methoxy groups -OCH3 is 3. The van der Waals surface area contributed by atoms with Crippen molar-refractivity contribution < 1.29 is 33.3 Å². The average Bonchev–Trinajstić information content (AvgIpc) is 3.01. The molecule has 4 aromatic rings. The van der Waals surface area contributed by atoms with Gasteiger partial charge in [-0.05, 0) is 78.9 Å². The molecule has 0 bridgehead atoms. The first kappa shape index (κ1) is 31.3. The minimum absolute atomic E-state index is 0.171. The highest BCUT2D eigenvalue weighted by Crippen LogP contribution is 2.38. The average molecular weight is 711 g/mol. The molecule has 0 aromatic heterocycles. The van der Waals surface area contributed by atoms with Crippen LogP contribution in [0, 0.1) is 0 Å². The van der Waals surface area contributed by atoms with E-state index >= 15 is 0 Å². The molecular formula is C31H25Br2N3O7. The zero-order chi connectivity index (χ0) is 30.9. The van der Waals surface area contributed by atoms with Crippen molar-refractivity contribution in [2.24, 2.45) is 5.10 Å². The van der Waals surface area contributed by atoms with Gasteiger partial charge in [0.25, 0.3) is 11.8 Å². The monoisotopic (exact) mass is 709 g/mol. The third kappa shape index (κ3) is 7.99. The SMILES string of the molecule is COc1cc(C(=O)Oc2ccc(Br)cc2/C=N\NC(=O)c2ccc(NC(=O)c3ccc(Br)cc3)cc2)cc(OC)c1OC. The standard InChI is InChI=1S/C31H25Br2N3O7/c1-40-26-15-20(16-27(41-2)28(26)42-3)31(39)43-25-13-10-23(33)14-21(25)17-34-36-30(38)19-6-11-24(12-7-19)35-29(37)18-4-8-22(32)9-5-18/h4-17H,1-3H3,(H,35,37)(H,36,38)/b34-17-. The fraction of sp³-hybridized carbons (Fsp3) is 0.0968. The quantitative estimate of drug-likeness (QED) is 0.0837. The Balaban J connectivity index is 1.42. The molecule has 220 valence electrons. The van der Waals surface area contributed by atoms with E-state index in [4.69, 9.17) is 18.9 Å².